The van der Waals surface area contributed by atoms with E-state index in [9.17, 15) is 0 Å². The van der Waals surface area contributed by atoms with Crippen LogP contribution in [-0.2, 0) is 19.3 Å². The van der Waals surface area contributed by atoms with E-state index in [4.69, 9.17) is 0 Å². The molecule has 1 aliphatic carbocycles. The molecule has 0 radical (unpaired) electrons. The maximum atomic E-state index is 3.53. The molecule has 1 N–H and O–H groups in total. The molecule has 1 aromatic carbocycles. The monoisotopic (exact) mass is 271 g/mol. The van der Waals surface area contributed by atoms with Crippen molar-refractivity contribution in [1.29, 1.82) is 0 Å². The highest BCUT2D eigenvalue weighted by Crippen LogP contribution is 2.38. The summed E-state index contributed by atoms with van der Waals surface area (Å²) in [6, 6.07) is 14.0. The standard InChI is InChI=1S/C17H21NS/c1-3-13-8-9-14(19-13)11-17(18-2)16-10-12-6-4-5-7-15(12)16/h4-9,16-18H,3,10-11H2,1-2H3. The minimum Gasteiger partial charge on any atom is -0.316 e. The van der Waals surface area contributed by atoms with E-state index >= 15 is 0 Å². The third kappa shape index (κ3) is 2.47. The fourth-order valence-corrected chi connectivity index (χ4v) is 4.06. The normalized spacial score (nSPS) is 18.7. The first-order chi connectivity index (χ1) is 9.31. The van der Waals surface area contributed by atoms with Crippen molar-refractivity contribution < 1.29 is 0 Å². The van der Waals surface area contributed by atoms with Crippen LogP contribution >= 0.6 is 11.3 Å². The molecule has 2 unspecified atom stereocenters. The Bertz CT molecular complexity index is 558. The van der Waals surface area contributed by atoms with E-state index in [0.29, 0.717) is 12.0 Å². The zero-order valence-corrected chi connectivity index (χ0v) is 12.5. The van der Waals surface area contributed by atoms with Crippen LogP contribution in [0.2, 0.25) is 0 Å². The van der Waals surface area contributed by atoms with Gasteiger partial charge in [0.15, 0.2) is 0 Å². The molecule has 0 spiro atoms. The van der Waals surface area contributed by atoms with E-state index in [1.54, 1.807) is 5.56 Å². The maximum Gasteiger partial charge on any atom is 0.0184 e. The number of nitrogens with one attached hydrogen (secondary N) is 1. The van der Waals surface area contributed by atoms with Crippen LogP contribution in [0, 0.1) is 0 Å². The van der Waals surface area contributed by atoms with Gasteiger partial charge in [-0.05, 0) is 49.6 Å². The summed E-state index contributed by atoms with van der Waals surface area (Å²) in [5, 5.41) is 3.53. The molecule has 19 heavy (non-hydrogen) atoms. The van der Waals surface area contributed by atoms with Crippen molar-refractivity contribution in [2.45, 2.75) is 38.1 Å². The molecule has 2 aromatic rings. The van der Waals surface area contributed by atoms with E-state index < -0.39 is 0 Å². The summed E-state index contributed by atoms with van der Waals surface area (Å²) in [6.45, 7) is 2.23. The van der Waals surface area contributed by atoms with Crippen LogP contribution in [0.15, 0.2) is 36.4 Å². The summed E-state index contributed by atoms with van der Waals surface area (Å²) in [7, 11) is 2.10. The van der Waals surface area contributed by atoms with Gasteiger partial charge in [0.2, 0.25) is 0 Å². The smallest absolute Gasteiger partial charge is 0.0184 e. The van der Waals surface area contributed by atoms with Crippen LogP contribution in [0.4, 0.5) is 0 Å². The average molecular weight is 271 g/mol. The van der Waals surface area contributed by atoms with Gasteiger partial charge in [0.25, 0.3) is 0 Å². The van der Waals surface area contributed by atoms with Gasteiger partial charge in [-0.3, -0.25) is 0 Å². The highest BCUT2D eigenvalue weighted by molar-refractivity contribution is 7.11. The minimum absolute atomic E-state index is 0.568. The third-order valence-corrected chi connectivity index (χ3v) is 5.49. The van der Waals surface area contributed by atoms with Crippen molar-refractivity contribution in [2.75, 3.05) is 7.05 Å². The van der Waals surface area contributed by atoms with Gasteiger partial charge in [-0.2, -0.15) is 0 Å². The summed E-state index contributed by atoms with van der Waals surface area (Å²) in [5.41, 5.74) is 3.09. The number of aryl methyl sites for hydroxylation is 1. The van der Waals surface area contributed by atoms with Crippen LogP contribution < -0.4 is 5.32 Å². The Morgan fingerprint density at radius 2 is 2.00 bits per heavy atom. The Balaban J connectivity index is 1.72. The van der Waals surface area contributed by atoms with Gasteiger partial charge in [0, 0.05) is 21.7 Å². The molecule has 1 aromatic heterocycles. The molecule has 0 saturated heterocycles. The highest BCUT2D eigenvalue weighted by Gasteiger charge is 2.31. The Morgan fingerprint density at radius 3 is 2.68 bits per heavy atom. The molecule has 2 atom stereocenters. The number of likely N-dealkylation sites (N-methyl/N-ethyl adjacent to an activating group) is 1. The molecule has 0 bridgehead atoms. The van der Waals surface area contributed by atoms with E-state index in [2.05, 4.69) is 55.7 Å². The zero-order chi connectivity index (χ0) is 13.2. The zero-order valence-electron chi connectivity index (χ0n) is 11.6. The number of hydrogen-bond acceptors (Lipinski definition) is 2. The molecular formula is C17H21NS. The van der Waals surface area contributed by atoms with Crippen molar-refractivity contribution in [1.82, 2.24) is 5.32 Å². The quantitative estimate of drug-likeness (QED) is 0.872. The molecule has 1 nitrogen and oxygen atoms in total. The largest absolute Gasteiger partial charge is 0.316 e. The number of rotatable bonds is 5. The van der Waals surface area contributed by atoms with Gasteiger partial charge in [-0.25, -0.2) is 0 Å². The second kappa shape index (κ2) is 5.48. The van der Waals surface area contributed by atoms with Crippen LogP contribution in [0.25, 0.3) is 0 Å². The topological polar surface area (TPSA) is 12.0 Å². The fraction of sp³-hybridized carbons (Fsp3) is 0.412. The van der Waals surface area contributed by atoms with E-state index in [1.807, 2.05) is 11.3 Å². The number of thiophene rings is 1. The van der Waals surface area contributed by atoms with E-state index in [-0.39, 0.29) is 0 Å². The fourth-order valence-electron chi connectivity index (χ4n) is 3.04. The summed E-state index contributed by atoms with van der Waals surface area (Å²) in [6.07, 6.45) is 3.54. The van der Waals surface area contributed by atoms with Crippen LogP contribution in [0.1, 0.15) is 33.7 Å². The van der Waals surface area contributed by atoms with Crippen LogP contribution in [0.3, 0.4) is 0 Å². The van der Waals surface area contributed by atoms with Crippen molar-refractivity contribution in [2.24, 2.45) is 0 Å². The lowest BCUT2D eigenvalue weighted by molar-refractivity contribution is 0.424. The molecule has 0 saturated carbocycles. The van der Waals surface area contributed by atoms with Crippen molar-refractivity contribution in [3.63, 3.8) is 0 Å². The van der Waals surface area contributed by atoms with Gasteiger partial charge >= 0.3 is 0 Å². The lowest BCUT2D eigenvalue weighted by Gasteiger charge is -2.36. The van der Waals surface area contributed by atoms with Gasteiger partial charge < -0.3 is 5.32 Å². The van der Waals surface area contributed by atoms with Gasteiger partial charge in [-0.15, -0.1) is 11.3 Å². The van der Waals surface area contributed by atoms with E-state index in [1.165, 1.54) is 21.7 Å². The van der Waals surface area contributed by atoms with E-state index in [0.717, 1.165) is 12.8 Å². The molecule has 0 fully saturated rings. The Kier molecular flexibility index (Phi) is 3.72. The molecule has 1 heterocycles. The summed E-state index contributed by atoms with van der Waals surface area (Å²) < 4.78 is 0. The number of hydrogen-bond donors (Lipinski definition) is 1. The Labute approximate surface area is 119 Å². The molecule has 2 heteroatoms. The second-order valence-corrected chi connectivity index (χ2v) is 6.58. The number of fused-ring (bicyclic) bond motifs is 1. The van der Waals surface area contributed by atoms with Crippen molar-refractivity contribution in [3.8, 4) is 0 Å². The number of benzene rings is 1. The predicted octanol–water partition coefficient (Wildman–Crippen LogP) is 3.78. The van der Waals surface area contributed by atoms with Crippen molar-refractivity contribution >= 4 is 11.3 Å². The summed E-state index contributed by atoms with van der Waals surface area (Å²) in [5.74, 6) is 0.688. The highest BCUT2D eigenvalue weighted by atomic mass is 32.1. The Hall–Kier alpha value is -1.12. The van der Waals surface area contributed by atoms with Gasteiger partial charge in [0.05, 0.1) is 0 Å². The Morgan fingerprint density at radius 1 is 1.21 bits per heavy atom. The first-order valence-electron chi connectivity index (χ1n) is 7.14. The first kappa shape index (κ1) is 12.9. The second-order valence-electron chi connectivity index (χ2n) is 5.33. The van der Waals surface area contributed by atoms with Gasteiger partial charge in [0.1, 0.15) is 0 Å². The minimum atomic E-state index is 0.568. The molecular weight excluding hydrogens is 250 g/mol. The SMILES string of the molecule is CCc1ccc(CC(NC)C2Cc3ccccc32)s1. The van der Waals surface area contributed by atoms with Crippen LogP contribution in [0.5, 0.6) is 0 Å². The molecule has 100 valence electrons. The van der Waals surface area contributed by atoms with Gasteiger partial charge in [-0.1, -0.05) is 31.2 Å². The lowest BCUT2D eigenvalue weighted by atomic mass is 9.72. The summed E-state index contributed by atoms with van der Waals surface area (Å²) in [4.78, 5) is 3.01. The molecule has 1 aliphatic rings. The molecule has 0 aliphatic heterocycles. The predicted molar refractivity (Wildman–Crippen MR) is 83.1 cm³/mol. The maximum absolute atomic E-state index is 3.53. The van der Waals surface area contributed by atoms with Crippen molar-refractivity contribution in [3.05, 3.63) is 57.3 Å². The first-order valence-corrected chi connectivity index (χ1v) is 7.96. The van der Waals surface area contributed by atoms with Crippen LogP contribution in [-0.4, -0.2) is 13.1 Å². The third-order valence-electron chi connectivity index (χ3n) is 4.24. The lowest BCUT2D eigenvalue weighted by Crippen LogP contribution is -2.39. The average Bonchev–Trinajstić information content (AvgIpc) is 2.86. The molecule has 0 amide bonds. The summed E-state index contributed by atoms with van der Waals surface area (Å²) >= 11 is 1.97. The molecule has 3 rings (SSSR count).